The van der Waals surface area contributed by atoms with Gasteiger partial charge in [-0.2, -0.15) is 5.26 Å². The number of alkyl halides is 1. The van der Waals surface area contributed by atoms with Gasteiger partial charge in [-0.25, -0.2) is 18.2 Å². The number of piperazine rings is 1. The molecular weight excluding hydrogens is 567 g/mol. The number of hydrogen-bond donors (Lipinski definition) is 2. The lowest BCUT2D eigenvalue weighted by Gasteiger charge is -2.36. The molecule has 2 N–H and O–H groups in total. The van der Waals surface area contributed by atoms with Crippen LogP contribution < -0.4 is 15.0 Å². The van der Waals surface area contributed by atoms with Gasteiger partial charge in [-0.3, -0.25) is 4.90 Å². The third kappa shape index (κ3) is 4.28. The van der Waals surface area contributed by atoms with E-state index in [9.17, 15) is 14.8 Å². The van der Waals surface area contributed by atoms with Crippen molar-refractivity contribution in [2.24, 2.45) is 0 Å². The standard InChI is InChI=1S/C34H32F3N5O2/c35-20-13-34(9-2-10-42(34)15-20)18-44-33-27(14-38)32(41-16-21-5-6-22(17-41)39-21)25-8-7-24(30(37)31(25)40-33)26-12-23(43)11-19-3-1-4-28(36)29(19)26/h1,3-4,7-8,11-12,20-22,39,43H,2,5-6,9-10,13,15-18H2/t20-,21-,22+,34+/m1/s1. The van der Waals surface area contributed by atoms with Crippen molar-refractivity contribution in [3.05, 3.63) is 59.7 Å². The van der Waals surface area contributed by atoms with Crippen molar-refractivity contribution >= 4 is 27.4 Å². The van der Waals surface area contributed by atoms with Crippen LogP contribution in [0.5, 0.6) is 11.6 Å². The highest BCUT2D eigenvalue weighted by atomic mass is 19.1. The number of phenols is 1. The molecule has 4 fully saturated rings. The van der Waals surface area contributed by atoms with Gasteiger partial charge in [0.1, 0.15) is 41.5 Å². The molecule has 0 amide bonds. The molecule has 4 atom stereocenters. The largest absolute Gasteiger partial charge is 0.508 e. The molecule has 0 spiro atoms. The first-order valence-electron chi connectivity index (χ1n) is 15.3. The van der Waals surface area contributed by atoms with Crippen LogP contribution in [0.4, 0.5) is 18.9 Å². The highest BCUT2D eigenvalue weighted by molar-refractivity contribution is 6.03. The predicted octanol–water partition coefficient (Wildman–Crippen LogP) is 5.81. The van der Waals surface area contributed by atoms with E-state index in [1.165, 1.54) is 18.2 Å². The number of nitrogens with zero attached hydrogens (tertiary/aromatic N) is 4. The Morgan fingerprint density at radius 3 is 2.70 bits per heavy atom. The lowest BCUT2D eigenvalue weighted by molar-refractivity contribution is 0.110. The summed E-state index contributed by atoms with van der Waals surface area (Å²) in [5, 5.41) is 25.6. The van der Waals surface area contributed by atoms with Gasteiger partial charge in [-0.15, -0.1) is 0 Å². The molecule has 4 aromatic rings. The van der Waals surface area contributed by atoms with Crippen LogP contribution in [0.1, 0.15) is 37.7 Å². The van der Waals surface area contributed by atoms with Gasteiger partial charge in [0.15, 0.2) is 5.82 Å². The molecule has 10 heteroatoms. The summed E-state index contributed by atoms with van der Waals surface area (Å²) in [6.45, 7) is 2.60. The van der Waals surface area contributed by atoms with Crippen molar-refractivity contribution in [1.82, 2.24) is 15.2 Å². The van der Waals surface area contributed by atoms with Crippen molar-refractivity contribution in [3.63, 3.8) is 0 Å². The number of nitrogens with one attached hydrogen (secondary N) is 1. The summed E-state index contributed by atoms with van der Waals surface area (Å²) >= 11 is 0. The molecule has 226 valence electrons. The molecule has 4 aliphatic heterocycles. The van der Waals surface area contributed by atoms with E-state index < -0.39 is 23.3 Å². The number of phenolic OH excluding ortho intramolecular Hbond substituents is 1. The van der Waals surface area contributed by atoms with Crippen LogP contribution >= 0.6 is 0 Å². The van der Waals surface area contributed by atoms with Crippen molar-refractivity contribution in [2.75, 3.05) is 37.7 Å². The summed E-state index contributed by atoms with van der Waals surface area (Å²) in [4.78, 5) is 8.88. The maximum Gasteiger partial charge on any atom is 0.234 e. The molecule has 0 aliphatic carbocycles. The number of rotatable bonds is 5. The minimum atomic E-state index is -0.941. The number of aromatic hydroxyl groups is 1. The molecule has 3 aromatic carbocycles. The number of halogens is 3. The minimum Gasteiger partial charge on any atom is -0.508 e. The molecule has 0 unspecified atom stereocenters. The van der Waals surface area contributed by atoms with E-state index in [0.717, 1.165) is 32.2 Å². The molecule has 7 nitrogen and oxygen atoms in total. The lowest BCUT2D eigenvalue weighted by atomic mass is 9.94. The van der Waals surface area contributed by atoms with Gasteiger partial charge in [-0.1, -0.05) is 18.2 Å². The molecule has 0 saturated carbocycles. The fourth-order valence-corrected chi connectivity index (χ4v) is 8.21. The first-order valence-corrected chi connectivity index (χ1v) is 15.3. The zero-order valence-electron chi connectivity index (χ0n) is 24.1. The zero-order chi connectivity index (χ0) is 30.2. The molecule has 44 heavy (non-hydrogen) atoms. The molecule has 4 saturated heterocycles. The number of aromatic nitrogens is 1. The molecule has 1 aromatic heterocycles. The molecule has 5 heterocycles. The van der Waals surface area contributed by atoms with Gasteiger partial charge < -0.3 is 20.1 Å². The average Bonchev–Trinajstić information content (AvgIpc) is 3.65. The Kier molecular flexibility index (Phi) is 6.40. The van der Waals surface area contributed by atoms with E-state index in [1.54, 1.807) is 24.3 Å². The topological polar surface area (TPSA) is 84.6 Å². The van der Waals surface area contributed by atoms with Gasteiger partial charge in [0.25, 0.3) is 0 Å². The Bertz CT molecular complexity index is 1850. The van der Waals surface area contributed by atoms with E-state index in [4.69, 9.17) is 4.74 Å². The Balaban J connectivity index is 1.31. The summed E-state index contributed by atoms with van der Waals surface area (Å²) in [5.74, 6) is -1.33. The Morgan fingerprint density at radius 1 is 1.09 bits per heavy atom. The van der Waals surface area contributed by atoms with Crippen molar-refractivity contribution in [3.8, 4) is 28.8 Å². The quantitative estimate of drug-likeness (QED) is 0.300. The van der Waals surface area contributed by atoms with Crippen LogP contribution in [-0.2, 0) is 0 Å². The Morgan fingerprint density at radius 2 is 1.91 bits per heavy atom. The fraction of sp³-hybridized carbons (Fsp3) is 0.412. The van der Waals surface area contributed by atoms with Crippen LogP contribution in [0.15, 0.2) is 42.5 Å². The second kappa shape index (κ2) is 10.2. The summed E-state index contributed by atoms with van der Waals surface area (Å²) in [6, 6.07) is 13.4. The third-order valence-corrected chi connectivity index (χ3v) is 10.1. The number of fused-ring (bicyclic) bond motifs is 5. The minimum absolute atomic E-state index is 0.000722. The van der Waals surface area contributed by atoms with E-state index in [2.05, 4.69) is 26.2 Å². The summed E-state index contributed by atoms with van der Waals surface area (Å²) < 4.78 is 52.8. The van der Waals surface area contributed by atoms with Gasteiger partial charge >= 0.3 is 0 Å². The van der Waals surface area contributed by atoms with Gasteiger partial charge in [0, 0.05) is 54.5 Å². The molecular formula is C34H32F3N5O2. The number of anilines is 1. The van der Waals surface area contributed by atoms with E-state index in [0.29, 0.717) is 42.5 Å². The number of nitriles is 1. The zero-order valence-corrected chi connectivity index (χ0v) is 24.1. The van der Waals surface area contributed by atoms with Crippen molar-refractivity contribution in [2.45, 2.75) is 55.9 Å². The van der Waals surface area contributed by atoms with Crippen LogP contribution in [0, 0.1) is 23.0 Å². The van der Waals surface area contributed by atoms with E-state index in [1.807, 2.05) is 0 Å². The smallest absolute Gasteiger partial charge is 0.234 e. The third-order valence-electron chi connectivity index (χ3n) is 10.1. The highest BCUT2D eigenvalue weighted by Gasteiger charge is 2.49. The van der Waals surface area contributed by atoms with Gasteiger partial charge in [0.2, 0.25) is 5.88 Å². The van der Waals surface area contributed by atoms with Crippen LogP contribution in [-0.4, -0.2) is 71.6 Å². The first kappa shape index (κ1) is 27.5. The van der Waals surface area contributed by atoms with Crippen molar-refractivity contribution < 1.29 is 23.0 Å². The summed E-state index contributed by atoms with van der Waals surface area (Å²) in [6.07, 6.45) is 3.17. The Labute approximate surface area is 252 Å². The number of benzene rings is 3. The second-order valence-electron chi connectivity index (χ2n) is 12.8. The first-order chi connectivity index (χ1) is 21.3. The summed E-state index contributed by atoms with van der Waals surface area (Å²) in [7, 11) is 0. The average molecular weight is 600 g/mol. The van der Waals surface area contributed by atoms with Gasteiger partial charge in [0.05, 0.1) is 11.2 Å². The van der Waals surface area contributed by atoms with Crippen LogP contribution in [0.3, 0.4) is 0 Å². The molecule has 0 radical (unpaired) electrons. The number of hydrogen-bond acceptors (Lipinski definition) is 7. The van der Waals surface area contributed by atoms with Crippen LogP contribution in [0.2, 0.25) is 0 Å². The predicted molar refractivity (Wildman–Crippen MR) is 162 cm³/mol. The normalized spacial score (nSPS) is 26.4. The summed E-state index contributed by atoms with van der Waals surface area (Å²) in [5.41, 5.74) is 0.605. The van der Waals surface area contributed by atoms with E-state index >= 15 is 8.78 Å². The molecule has 2 bridgehead atoms. The maximum absolute atomic E-state index is 16.8. The maximum atomic E-state index is 16.8. The second-order valence-corrected chi connectivity index (χ2v) is 12.8. The van der Waals surface area contributed by atoms with E-state index in [-0.39, 0.29) is 57.9 Å². The fourth-order valence-electron chi connectivity index (χ4n) is 8.21. The monoisotopic (exact) mass is 599 g/mol. The van der Waals surface area contributed by atoms with Gasteiger partial charge in [-0.05, 0) is 67.4 Å². The SMILES string of the molecule is N#Cc1c(OC[C@@]23CCCN2C[C@H](F)C3)nc2c(F)c(-c3cc(O)cc4cccc(F)c34)ccc2c1N1C[C@H]2CC[C@@H](C1)N2. The highest BCUT2D eigenvalue weighted by Crippen LogP contribution is 2.44. The Hall–Kier alpha value is -4.07. The number of pyridine rings is 1. The molecule has 4 aliphatic rings. The molecule has 8 rings (SSSR count). The van der Waals surface area contributed by atoms with Crippen molar-refractivity contribution in [1.29, 1.82) is 5.26 Å². The number of ether oxygens (including phenoxy) is 1. The lowest BCUT2D eigenvalue weighted by Crippen LogP contribution is -2.51. The van der Waals surface area contributed by atoms with Crippen LogP contribution in [0.25, 0.3) is 32.8 Å².